The van der Waals surface area contributed by atoms with Crippen molar-refractivity contribution in [1.82, 2.24) is 0 Å². The second-order valence-electron chi connectivity index (χ2n) is 5.19. The lowest BCUT2D eigenvalue weighted by atomic mass is 9.94. The molecular formula is C13H13Cl2F3S. The molecule has 0 spiro atoms. The van der Waals surface area contributed by atoms with Gasteiger partial charge in [-0.3, -0.25) is 0 Å². The second-order valence-corrected chi connectivity index (χ2v) is 7.58. The molecule has 2 aromatic rings. The number of thiophene rings is 1. The minimum atomic E-state index is -4.24. The van der Waals surface area contributed by atoms with Crippen LogP contribution in [0.3, 0.4) is 0 Å². The van der Waals surface area contributed by atoms with E-state index in [9.17, 15) is 13.2 Å². The van der Waals surface area contributed by atoms with Gasteiger partial charge in [-0.15, -0.1) is 13.2 Å². The molecule has 0 fully saturated rings. The molecule has 1 unspecified atom stereocenters. The summed E-state index contributed by atoms with van der Waals surface area (Å²) in [6, 6.07) is 6.24. The Morgan fingerprint density at radius 3 is 2.11 bits per heavy atom. The van der Waals surface area contributed by atoms with E-state index in [1.807, 2.05) is 0 Å². The van der Waals surface area contributed by atoms with E-state index in [0.29, 0.717) is 20.0 Å². The third-order valence-electron chi connectivity index (χ3n) is 2.67. The molecule has 6 heteroatoms. The molecule has 0 saturated carbocycles. The fourth-order valence-electron chi connectivity index (χ4n) is 1.91. The van der Waals surface area contributed by atoms with Crippen molar-refractivity contribution >= 4 is 32.2 Å². The van der Waals surface area contributed by atoms with E-state index < -0.39 is 21.4 Å². The van der Waals surface area contributed by atoms with Crippen LogP contribution in [0.5, 0.6) is 0 Å². The molecule has 106 valence electrons. The minimum Gasteiger partial charge on any atom is -1.00 e. The molecule has 19 heavy (non-hydrogen) atoms. The van der Waals surface area contributed by atoms with Crippen molar-refractivity contribution in [2.45, 2.75) is 31.7 Å². The molecular weight excluding hydrogens is 316 g/mol. The Morgan fingerprint density at radius 2 is 1.63 bits per heavy atom. The van der Waals surface area contributed by atoms with E-state index >= 15 is 0 Å². The van der Waals surface area contributed by atoms with Crippen LogP contribution in [0.25, 0.3) is 10.1 Å². The molecule has 0 N–H and O–H groups in total. The molecule has 0 nitrogen and oxygen atoms in total. The van der Waals surface area contributed by atoms with Crippen LogP contribution in [0.15, 0.2) is 24.3 Å². The summed E-state index contributed by atoms with van der Waals surface area (Å²) in [5, 5.41) is 1.05. The third kappa shape index (κ3) is 3.18. The third-order valence-corrected chi connectivity index (χ3v) is 5.35. The molecule has 1 atom stereocenters. The summed E-state index contributed by atoms with van der Waals surface area (Å²) in [4.78, 5) is 0.423. The molecule has 0 radical (unpaired) electrons. The molecule has 1 heterocycles. The Labute approximate surface area is 123 Å². The van der Waals surface area contributed by atoms with E-state index in [1.165, 1.54) is 12.1 Å². The fraction of sp³-hybridized carbons (Fsp3) is 0.385. The molecule has 0 bridgehead atoms. The van der Waals surface area contributed by atoms with Crippen molar-refractivity contribution in [1.29, 1.82) is 0 Å². The van der Waals surface area contributed by atoms with Gasteiger partial charge in [-0.1, -0.05) is 32.4 Å². The summed E-state index contributed by atoms with van der Waals surface area (Å²) in [7, 11) is -1.83. The normalized spacial score (nSPS) is 13.5. The number of halogens is 5. The van der Waals surface area contributed by atoms with E-state index in [0.717, 1.165) is 0 Å². The number of fused-ring (bicyclic) bond motifs is 1. The number of alkyl halides is 3. The largest absolute Gasteiger partial charge is 1.00 e. The first-order valence-corrected chi connectivity index (χ1v) is 7.04. The van der Waals surface area contributed by atoms with Crippen molar-refractivity contribution in [3.8, 4) is 0 Å². The average molecular weight is 329 g/mol. The van der Waals surface area contributed by atoms with Crippen LogP contribution >= 0.6 is 22.1 Å². The van der Waals surface area contributed by atoms with Gasteiger partial charge in [-0.05, 0) is 12.1 Å². The molecule has 0 saturated heterocycles. The summed E-state index contributed by atoms with van der Waals surface area (Å²) in [5.41, 5.74) is -4.75. The molecule has 0 aliphatic heterocycles. The van der Waals surface area contributed by atoms with Crippen LogP contribution in [-0.2, 0) is 10.9 Å². The zero-order valence-corrected chi connectivity index (χ0v) is 12.9. The van der Waals surface area contributed by atoms with Crippen molar-refractivity contribution in [3.05, 3.63) is 34.2 Å². The van der Waals surface area contributed by atoms with Gasteiger partial charge < -0.3 is 12.4 Å². The maximum Gasteiger partial charge on any atom is 0.600 e. The van der Waals surface area contributed by atoms with Crippen LogP contribution < -0.4 is 12.4 Å². The van der Waals surface area contributed by atoms with E-state index in [4.69, 9.17) is 11.6 Å². The highest BCUT2D eigenvalue weighted by atomic mass is 35.5. The Bertz CT molecular complexity index is 594. The van der Waals surface area contributed by atoms with Gasteiger partial charge >= 0.3 is 5.51 Å². The summed E-state index contributed by atoms with van der Waals surface area (Å²) in [6.45, 7) is 5.41. The maximum absolute atomic E-state index is 13.3. The smallest absolute Gasteiger partial charge is 0.600 e. The quantitative estimate of drug-likeness (QED) is 0.652. The summed E-state index contributed by atoms with van der Waals surface area (Å²) < 4.78 is 40.1. The molecule has 0 amide bonds. The van der Waals surface area contributed by atoms with E-state index in [1.54, 1.807) is 32.9 Å². The van der Waals surface area contributed by atoms with E-state index in [2.05, 4.69) is 0 Å². The highest BCUT2D eigenvalue weighted by Crippen LogP contribution is 2.54. The summed E-state index contributed by atoms with van der Waals surface area (Å²) >= 11 is 5.84. The monoisotopic (exact) mass is 328 g/mol. The average Bonchev–Trinajstić information content (AvgIpc) is 2.54. The first kappa shape index (κ1) is 16.6. The molecule has 0 aliphatic carbocycles. The van der Waals surface area contributed by atoms with Crippen LogP contribution in [0, 0.1) is 0 Å². The van der Waals surface area contributed by atoms with Gasteiger partial charge in [0.25, 0.3) is 0 Å². The van der Waals surface area contributed by atoms with Crippen molar-refractivity contribution in [3.63, 3.8) is 0 Å². The highest BCUT2D eigenvalue weighted by molar-refractivity contribution is 7.38. The number of rotatable bonds is 0. The standard InChI is InChI=1S/C13H13ClF3S.ClH/c1-12(2,3)11-7-8-6-9(14)4-5-10(8)18(11)13(15,16)17;/h4-7H,1-3H3;1H/q+1;/p-1. The SMILES string of the molecule is CC(C)(C)c1cc2cc(Cl)ccc2[s+]1C(F)(F)F.[Cl-]. The second kappa shape index (κ2) is 5.15. The lowest BCUT2D eigenvalue weighted by Crippen LogP contribution is -3.00. The highest BCUT2D eigenvalue weighted by Gasteiger charge is 2.50. The van der Waals surface area contributed by atoms with Gasteiger partial charge in [0.1, 0.15) is 0 Å². The van der Waals surface area contributed by atoms with Gasteiger partial charge in [-0.25, -0.2) is 0 Å². The predicted molar refractivity (Wildman–Crippen MR) is 71.4 cm³/mol. The molecule has 0 aliphatic rings. The zero-order chi connectivity index (χ0) is 13.7. The number of hydrogen-bond acceptors (Lipinski definition) is 0. The molecule has 1 aromatic carbocycles. The van der Waals surface area contributed by atoms with Crippen LogP contribution in [0.4, 0.5) is 13.2 Å². The van der Waals surface area contributed by atoms with Crippen LogP contribution in [0.2, 0.25) is 5.02 Å². The molecule has 1 aromatic heterocycles. The minimum absolute atomic E-state index is 0. The first-order valence-electron chi connectivity index (χ1n) is 5.43. The maximum atomic E-state index is 13.3. The Hall–Kier alpha value is -0.450. The number of benzene rings is 1. The van der Waals surface area contributed by atoms with Gasteiger partial charge in [0.05, 0.1) is 10.5 Å². The van der Waals surface area contributed by atoms with Crippen LogP contribution in [0.1, 0.15) is 25.6 Å². The Morgan fingerprint density at radius 1 is 1.05 bits per heavy atom. The lowest BCUT2D eigenvalue weighted by Gasteiger charge is -2.13. The topological polar surface area (TPSA) is 0 Å². The summed E-state index contributed by atoms with van der Waals surface area (Å²) in [5.74, 6) is 0. The predicted octanol–water partition coefficient (Wildman–Crippen LogP) is 3.02. The summed E-state index contributed by atoms with van der Waals surface area (Å²) in [6.07, 6.45) is 0. The molecule has 2 rings (SSSR count). The van der Waals surface area contributed by atoms with Crippen molar-refractivity contribution < 1.29 is 25.6 Å². The van der Waals surface area contributed by atoms with Gasteiger partial charge in [0, 0.05) is 28.0 Å². The Balaban J connectivity index is 0.00000180. The first-order chi connectivity index (χ1) is 8.10. The van der Waals surface area contributed by atoms with Gasteiger partial charge in [-0.2, -0.15) is 0 Å². The van der Waals surface area contributed by atoms with Crippen molar-refractivity contribution in [2.75, 3.05) is 0 Å². The van der Waals surface area contributed by atoms with E-state index in [-0.39, 0.29) is 12.4 Å². The fourth-order valence-corrected chi connectivity index (χ4v) is 4.24. The van der Waals surface area contributed by atoms with Gasteiger partial charge in [0.15, 0.2) is 9.58 Å². The van der Waals surface area contributed by atoms with Gasteiger partial charge in [0.2, 0.25) is 0 Å². The number of hydrogen-bond donors (Lipinski definition) is 0. The Kier molecular flexibility index (Phi) is 4.50. The van der Waals surface area contributed by atoms with Crippen LogP contribution in [-0.4, -0.2) is 0 Å². The zero-order valence-electron chi connectivity index (χ0n) is 10.6. The lowest BCUT2D eigenvalue weighted by molar-refractivity contribution is -0.0869. The van der Waals surface area contributed by atoms with Crippen molar-refractivity contribution in [2.24, 2.45) is 0 Å².